The second kappa shape index (κ2) is 4.43. The number of carbonyl (C=O) groups excluding carboxylic acids is 1. The molecule has 0 aromatic heterocycles. The number of Topliss-reactive ketones (excluding diaryl/α,β-unsaturated/α-hetero) is 1. The molecule has 1 atom stereocenters. The Bertz CT molecular complexity index is 363. The monoisotopic (exact) mass is 199 g/mol. The molecule has 76 valence electrons. The molecule has 0 radical (unpaired) electrons. The van der Waals surface area contributed by atoms with Crippen molar-refractivity contribution in [2.75, 3.05) is 13.1 Å². The maximum atomic E-state index is 11.8. The van der Waals surface area contributed by atoms with Crippen LogP contribution in [0.25, 0.3) is 0 Å². The minimum atomic E-state index is 0.0259. The van der Waals surface area contributed by atoms with E-state index in [9.17, 15) is 4.79 Å². The van der Waals surface area contributed by atoms with E-state index in [1.165, 1.54) is 0 Å². The molecule has 0 aliphatic carbocycles. The van der Waals surface area contributed by atoms with Gasteiger partial charge in [-0.15, -0.1) is 0 Å². The third kappa shape index (κ3) is 2.17. The molecule has 0 N–H and O–H groups in total. The van der Waals surface area contributed by atoms with E-state index in [1.807, 2.05) is 37.4 Å². The third-order valence-corrected chi connectivity index (χ3v) is 2.91. The molecule has 1 heterocycles. The first-order valence-corrected chi connectivity index (χ1v) is 5.25. The van der Waals surface area contributed by atoms with Crippen molar-refractivity contribution in [3.63, 3.8) is 0 Å². The van der Waals surface area contributed by atoms with Gasteiger partial charge in [0.1, 0.15) is 0 Å². The van der Waals surface area contributed by atoms with Crippen LogP contribution in [-0.4, -0.2) is 37.2 Å². The molecule has 2 nitrogen and oxygen atoms in total. The van der Waals surface area contributed by atoms with Crippen LogP contribution in [0.4, 0.5) is 0 Å². The number of hydrogen-bond acceptors (Lipinski definition) is 2. The maximum absolute atomic E-state index is 11.8. The SMILES string of the molecule is C=BN1CCC(=O)C(c2ccccc2)C1. The molecule has 2 rings (SSSR count). The van der Waals surface area contributed by atoms with Gasteiger partial charge in [-0.1, -0.05) is 0 Å². The van der Waals surface area contributed by atoms with Crippen molar-refractivity contribution in [1.82, 2.24) is 4.81 Å². The molecule has 1 unspecified atom stereocenters. The average Bonchev–Trinajstić information content (AvgIpc) is 2.31. The van der Waals surface area contributed by atoms with Gasteiger partial charge in [-0.3, -0.25) is 0 Å². The van der Waals surface area contributed by atoms with Crippen molar-refractivity contribution < 1.29 is 4.79 Å². The average molecular weight is 199 g/mol. The summed E-state index contributed by atoms with van der Waals surface area (Å²) >= 11 is 0. The summed E-state index contributed by atoms with van der Waals surface area (Å²) in [5.74, 6) is 0.372. The van der Waals surface area contributed by atoms with E-state index in [4.69, 9.17) is 0 Å². The third-order valence-electron chi connectivity index (χ3n) is 2.91. The fourth-order valence-corrected chi connectivity index (χ4v) is 2.00. The number of rotatable bonds is 2. The molecule has 3 heteroatoms. The number of carbonyl (C=O) groups is 1. The van der Waals surface area contributed by atoms with Crippen LogP contribution in [0.5, 0.6) is 0 Å². The van der Waals surface area contributed by atoms with Gasteiger partial charge in [0.15, 0.2) is 0 Å². The molecular weight excluding hydrogens is 185 g/mol. The number of hydrogen-bond donors (Lipinski definition) is 0. The summed E-state index contributed by atoms with van der Waals surface area (Å²) in [6, 6.07) is 9.98. The van der Waals surface area contributed by atoms with Crippen molar-refractivity contribution in [3.05, 3.63) is 35.9 Å². The predicted molar refractivity (Wildman–Crippen MR) is 63.3 cm³/mol. The van der Waals surface area contributed by atoms with E-state index in [-0.39, 0.29) is 5.92 Å². The van der Waals surface area contributed by atoms with Crippen LogP contribution in [0.1, 0.15) is 17.9 Å². The molecule has 1 aromatic carbocycles. The van der Waals surface area contributed by atoms with Gasteiger partial charge in [0.25, 0.3) is 0 Å². The van der Waals surface area contributed by atoms with Gasteiger partial charge in [-0.2, -0.15) is 0 Å². The summed E-state index contributed by atoms with van der Waals surface area (Å²) < 4.78 is 0. The fraction of sp³-hybridized carbons (Fsp3) is 0.333. The second-order valence-electron chi connectivity index (χ2n) is 3.86. The standard InChI is InChI=1S/C12H14BNO/c1-13-14-8-7-12(15)11(9-14)10-5-3-2-4-6-10/h2-6,11H,1,7-9H2. The van der Waals surface area contributed by atoms with E-state index in [2.05, 4.69) is 11.3 Å². The predicted octanol–water partition coefficient (Wildman–Crippen LogP) is 1.10. The van der Waals surface area contributed by atoms with E-state index in [1.54, 1.807) is 0 Å². The second-order valence-corrected chi connectivity index (χ2v) is 3.86. The summed E-state index contributed by atoms with van der Waals surface area (Å²) in [7, 11) is 1.82. The van der Waals surface area contributed by atoms with Crippen LogP contribution in [0.2, 0.25) is 0 Å². The van der Waals surface area contributed by atoms with Crippen molar-refractivity contribution >= 4 is 19.3 Å². The Hall–Kier alpha value is -1.38. The Morgan fingerprint density at radius 2 is 2.07 bits per heavy atom. The number of nitrogens with zero attached hydrogens (tertiary/aromatic N) is 1. The van der Waals surface area contributed by atoms with E-state index in [0.717, 1.165) is 18.7 Å². The number of piperidine rings is 1. The molecule has 0 saturated carbocycles. The zero-order valence-electron chi connectivity index (χ0n) is 8.73. The Morgan fingerprint density at radius 3 is 2.73 bits per heavy atom. The summed E-state index contributed by atoms with van der Waals surface area (Å²) in [4.78, 5) is 13.9. The Balaban J connectivity index is 2.20. The van der Waals surface area contributed by atoms with Crippen molar-refractivity contribution in [2.24, 2.45) is 0 Å². The quantitative estimate of drug-likeness (QED) is 0.664. The molecule has 0 amide bonds. The summed E-state index contributed by atoms with van der Waals surface area (Å²) in [5, 5.41) is 0. The molecule has 1 fully saturated rings. The van der Waals surface area contributed by atoms with Crippen LogP contribution < -0.4 is 0 Å². The van der Waals surface area contributed by atoms with Crippen LogP contribution in [0.3, 0.4) is 0 Å². The first-order chi connectivity index (χ1) is 7.31. The van der Waals surface area contributed by atoms with Crippen LogP contribution in [0.15, 0.2) is 30.3 Å². The number of ketones is 1. The van der Waals surface area contributed by atoms with Crippen molar-refractivity contribution in [3.8, 4) is 0 Å². The molecule has 0 spiro atoms. The van der Waals surface area contributed by atoms with Gasteiger partial charge in [0, 0.05) is 0 Å². The number of benzene rings is 1. The topological polar surface area (TPSA) is 20.3 Å². The molecule has 1 aromatic rings. The first-order valence-electron chi connectivity index (χ1n) is 5.25. The Kier molecular flexibility index (Phi) is 3.00. The van der Waals surface area contributed by atoms with Gasteiger partial charge in [-0.25, -0.2) is 0 Å². The van der Waals surface area contributed by atoms with Gasteiger partial charge in [0.05, 0.1) is 0 Å². The normalized spacial score (nSPS) is 21.2. The summed E-state index contributed by atoms with van der Waals surface area (Å²) in [5.41, 5.74) is 1.12. The Labute approximate surface area is 90.8 Å². The molecule has 1 aliphatic heterocycles. The van der Waals surface area contributed by atoms with E-state index >= 15 is 0 Å². The molecular formula is C12H14BNO. The Morgan fingerprint density at radius 1 is 1.33 bits per heavy atom. The van der Waals surface area contributed by atoms with Gasteiger partial charge in [0.2, 0.25) is 0 Å². The van der Waals surface area contributed by atoms with E-state index in [0.29, 0.717) is 12.2 Å². The van der Waals surface area contributed by atoms with Crippen LogP contribution in [0, 0.1) is 0 Å². The van der Waals surface area contributed by atoms with Crippen molar-refractivity contribution in [1.29, 1.82) is 0 Å². The van der Waals surface area contributed by atoms with Gasteiger partial charge >= 0.3 is 90.2 Å². The zero-order chi connectivity index (χ0) is 10.7. The van der Waals surface area contributed by atoms with Crippen LogP contribution >= 0.6 is 0 Å². The van der Waals surface area contributed by atoms with Gasteiger partial charge in [-0.05, 0) is 0 Å². The minimum absolute atomic E-state index is 0.0259. The molecule has 0 bridgehead atoms. The van der Waals surface area contributed by atoms with Crippen molar-refractivity contribution in [2.45, 2.75) is 12.3 Å². The molecule has 1 saturated heterocycles. The first kappa shape index (κ1) is 10.2. The molecule has 1 aliphatic rings. The summed E-state index contributed by atoms with van der Waals surface area (Å²) in [6.07, 6.45) is 0.631. The van der Waals surface area contributed by atoms with E-state index < -0.39 is 0 Å². The fourth-order valence-electron chi connectivity index (χ4n) is 2.00. The molecule has 15 heavy (non-hydrogen) atoms. The zero-order valence-corrected chi connectivity index (χ0v) is 8.73. The summed E-state index contributed by atoms with van der Waals surface area (Å²) in [6.45, 7) is 5.33. The van der Waals surface area contributed by atoms with Crippen LogP contribution in [-0.2, 0) is 4.79 Å². The van der Waals surface area contributed by atoms with Gasteiger partial charge < -0.3 is 0 Å².